The molecule has 1 aliphatic heterocycles. The predicted octanol–water partition coefficient (Wildman–Crippen LogP) is 3.22. The molecule has 6 heteroatoms. The van der Waals surface area contributed by atoms with E-state index in [0.717, 1.165) is 16.3 Å². The van der Waals surface area contributed by atoms with Gasteiger partial charge in [0.25, 0.3) is 5.91 Å². The number of hydrogen-bond donors (Lipinski definition) is 3. The minimum absolute atomic E-state index is 0.0852. The third-order valence-corrected chi connectivity index (χ3v) is 4.33. The third-order valence-electron chi connectivity index (χ3n) is 4.33. The molecule has 4 rings (SSSR count). The lowest BCUT2D eigenvalue weighted by Crippen LogP contribution is -2.35. The molecule has 0 atom stereocenters. The van der Waals surface area contributed by atoms with E-state index >= 15 is 0 Å². The summed E-state index contributed by atoms with van der Waals surface area (Å²) in [6, 6.07) is 16.1. The number of amides is 1. The summed E-state index contributed by atoms with van der Waals surface area (Å²) in [5.74, 6) is 0.776. The summed E-state index contributed by atoms with van der Waals surface area (Å²) in [4.78, 5) is 12.5. The van der Waals surface area contributed by atoms with Crippen molar-refractivity contribution < 1.29 is 19.4 Å². The first-order valence-electron chi connectivity index (χ1n) is 8.49. The Morgan fingerprint density at radius 2 is 1.63 bits per heavy atom. The number of carbonyl (C=O) groups excluding carboxylic acids is 1. The van der Waals surface area contributed by atoms with E-state index in [9.17, 15) is 9.90 Å². The lowest BCUT2D eigenvalue weighted by atomic mass is 10.1. The highest BCUT2D eigenvalue weighted by Gasteiger charge is 2.15. The first kappa shape index (κ1) is 16.8. The van der Waals surface area contributed by atoms with Gasteiger partial charge in [0.05, 0.1) is 11.3 Å². The van der Waals surface area contributed by atoms with Crippen LogP contribution < -0.4 is 20.3 Å². The van der Waals surface area contributed by atoms with Gasteiger partial charge in [-0.25, -0.2) is 0 Å². The summed E-state index contributed by atoms with van der Waals surface area (Å²) in [5.41, 5.74) is 6.76. The molecular weight excluding hydrogens is 344 g/mol. The van der Waals surface area contributed by atoms with Gasteiger partial charge in [-0.15, -0.1) is 0 Å². The molecule has 136 valence electrons. The zero-order chi connectivity index (χ0) is 18.8. The number of hydrogen-bond acceptors (Lipinski definition) is 5. The standard InChI is InChI=1S/C21H18N2O4/c1-13(14-6-7-19-20(12-14)27-9-8-26-19)22-23-21(25)17-10-15-4-2-3-5-16(15)11-18(17)24/h2-7,10-12,22,24H,1,8-9H2,(H,23,25). The molecule has 0 aliphatic carbocycles. The molecule has 0 bridgehead atoms. The highest BCUT2D eigenvalue weighted by molar-refractivity contribution is 6.01. The lowest BCUT2D eigenvalue weighted by Gasteiger charge is -2.19. The molecular formula is C21H18N2O4. The average Bonchev–Trinajstić information content (AvgIpc) is 2.70. The van der Waals surface area contributed by atoms with Gasteiger partial charge in [-0.2, -0.15) is 0 Å². The predicted molar refractivity (Wildman–Crippen MR) is 103 cm³/mol. The Hall–Kier alpha value is -3.67. The smallest absolute Gasteiger partial charge is 0.273 e. The molecule has 1 aliphatic rings. The second kappa shape index (κ2) is 6.92. The average molecular weight is 362 g/mol. The molecule has 0 saturated carbocycles. The highest BCUT2D eigenvalue weighted by atomic mass is 16.6. The molecule has 0 aromatic heterocycles. The molecule has 3 aromatic carbocycles. The number of ether oxygens (including phenoxy) is 2. The normalized spacial score (nSPS) is 12.4. The SMILES string of the molecule is C=C(NNC(=O)c1cc2ccccc2cc1O)c1ccc2c(c1)OCCO2. The van der Waals surface area contributed by atoms with Crippen LogP contribution in [-0.4, -0.2) is 24.2 Å². The van der Waals surface area contributed by atoms with Crippen LogP contribution >= 0.6 is 0 Å². The van der Waals surface area contributed by atoms with E-state index in [1.165, 1.54) is 0 Å². The fourth-order valence-corrected chi connectivity index (χ4v) is 2.91. The van der Waals surface area contributed by atoms with Gasteiger partial charge in [-0.05, 0) is 41.1 Å². The Balaban J connectivity index is 1.47. The monoisotopic (exact) mass is 362 g/mol. The minimum Gasteiger partial charge on any atom is -0.507 e. The molecule has 0 saturated heterocycles. The van der Waals surface area contributed by atoms with E-state index in [1.807, 2.05) is 30.3 Å². The summed E-state index contributed by atoms with van der Waals surface area (Å²) in [6.45, 7) is 4.95. The van der Waals surface area contributed by atoms with Crippen molar-refractivity contribution in [1.82, 2.24) is 10.9 Å². The van der Waals surface area contributed by atoms with Crippen molar-refractivity contribution in [2.45, 2.75) is 0 Å². The van der Waals surface area contributed by atoms with Crippen LogP contribution in [0.5, 0.6) is 17.2 Å². The van der Waals surface area contributed by atoms with E-state index in [1.54, 1.807) is 24.3 Å². The van der Waals surface area contributed by atoms with Gasteiger partial charge in [0.1, 0.15) is 19.0 Å². The number of phenolic OH excluding ortho intramolecular Hbond substituents is 1. The molecule has 3 aromatic rings. The van der Waals surface area contributed by atoms with Crippen molar-refractivity contribution in [1.29, 1.82) is 0 Å². The van der Waals surface area contributed by atoms with Crippen LogP contribution in [0.15, 0.2) is 61.2 Å². The van der Waals surface area contributed by atoms with Crippen LogP contribution in [0, 0.1) is 0 Å². The topological polar surface area (TPSA) is 79.8 Å². The van der Waals surface area contributed by atoms with E-state index in [-0.39, 0.29) is 11.3 Å². The van der Waals surface area contributed by atoms with E-state index < -0.39 is 5.91 Å². The van der Waals surface area contributed by atoms with Crippen molar-refractivity contribution in [3.05, 3.63) is 72.3 Å². The number of carbonyl (C=O) groups is 1. The Bertz CT molecular complexity index is 1050. The fourth-order valence-electron chi connectivity index (χ4n) is 2.91. The van der Waals surface area contributed by atoms with E-state index in [2.05, 4.69) is 17.4 Å². The molecule has 1 heterocycles. The van der Waals surface area contributed by atoms with Crippen LogP contribution in [0.4, 0.5) is 0 Å². The number of aromatic hydroxyl groups is 1. The minimum atomic E-state index is -0.461. The number of benzene rings is 3. The van der Waals surface area contributed by atoms with Crippen molar-refractivity contribution in [3.8, 4) is 17.2 Å². The van der Waals surface area contributed by atoms with Gasteiger partial charge in [-0.1, -0.05) is 30.8 Å². The summed E-state index contributed by atoms with van der Waals surface area (Å²) < 4.78 is 11.0. The third kappa shape index (κ3) is 3.37. The molecule has 1 amide bonds. The maximum atomic E-state index is 12.5. The van der Waals surface area contributed by atoms with Gasteiger partial charge in [0.2, 0.25) is 0 Å². The van der Waals surface area contributed by atoms with Crippen molar-refractivity contribution in [2.24, 2.45) is 0 Å². The number of nitrogens with one attached hydrogen (secondary N) is 2. The molecule has 27 heavy (non-hydrogen) atoms. The number of phenols is 1. The largest absolute Gasteiger partial charge is 0.507 e. The molecule has 0 fully saturated rings. The second-order valence-electron chi connectivity index (χ2n) is 6.13. The van der Waals surface area contributed by atoms with Crippen LogP contribution in [0.1, 0.15) is 15.9 Å². The Morgan fingerprint density at radius 1 is 0.926 bits per heavy atom. The summed E-state index contributed by atoms with van der Waals surface area (Å²) >= 11 is 0. The van der Waals surface area contributed by atoms with Crippen LogP contribution in [0.2, 0.25) is 0 Å². The van der Waals surface area contributed by atoms with Crippen LogP contribution in [-0.2, 0) is 0 Å². The first-order chi connectivity index (χ1) is 13.1. The van der Waals surface area contributed by atoms with E-state index in [4.69, 9.17) is 9.47 Å². The Labute approximate surface area is 156 Å². The van der Waals surface area contributed by atoms with E-state index in [0.29, 0.717) is 30.4 Å². The Morgan fingerprint density at radius 3 is 2.41 bits per heavy atom. The molecule has 0 spiro atoms. The molecule has 0 unspecified atom stereocenters. The molecule has 0 radical (unpaired) electrons. The summed E-state index contributed by atoms with van der Waals surface area (Å²) in [5, 5.41) is 11.9. The highest BCUT2D eigenvalue weighted by Crippen LogP contribution is 2.32. The number of rotatable bonds is 4. The van der Waals surface area contributed by atoms with Gasteiger partial charge >= 0.3 is 0 Å². The fraction of sp³-hybridized carbons (Fsp3) is 0.0952. The van der Waals surface area contributed by atoms with Gasteiger partial charge < -0.3 is 14.6 Å². The van der Waals surface area contributed by atoms with Crippen molar-refractivity contribution in [2.75, 3.05) is 13.2 Å². The van der Waals surface area contributed by atoms with Crippen molar-refractivity contribution >= 4 is 22.4 Å². The number of hydrazine groups is 1. The second-order valence-corrected chi connectivity index (χ2v) is 6.13. The first-order valence-corrected chi connectivity index (χ1v) is 8.49. The quantitative estimate of drug-likeness (QED) is 0.621. The number of fused-ring (bicyclic) bond motifs is 2. The Kier molecular flexibility index (Phi) is 4.30. The van der Waals surface area contributed by atoms with Gasteiger partial charge in [-0.3, -0.25) is 15.6 Å². The van der Waals surface area contributed by atoms with Crippen LogP contribution in [0.25, 0.3) is 16.5 Å². The summed E-state index contributed by atoms with van der Waals surface area (Å²) in [7, 11) is 0. The molecule has 6 nitrogen and oxygen atoms in total. The zero-order valence-electron chi connectivity index (χ0n) is 14.5. The van der Waals surface area contributed by atoms with Crippen LogP contribution in [0.3, 0.4) is 0 Å². The molecule has 3 N–H and O–H groups in total. The maximum absolute atomic E-state index is 12.5. The maximum Gasteiger partial charge on any atom is 0.273 e. The van der Waals surface area contributed by atoms with Gasteiger partial charge in [0.15, 0.2) is 11.5 Å². The summed E-state index contributed by atoms with van der Waals surface area (Å²) in [6.07, 6.45) is 0. The lowest BCUT2D eigenvalue weighted by molar-refractivity contribution is 0.0940. The van der Waals surface area contributed by atoms with Crippen molar-refractivity contribution in [3.63, 3.8) is 0 Å². The zero-order valence-corrected chi connectivity index (χ0v) is 14.5. The van der Waals surface area contributed by atoms with Gasteiger partial charge in [0, 0.05) is 5.56 Å².